The van der Waals surface area contributed by atoms with Crippen LogP contribution in [0, 0.1) is 6.92 Å². The summed E-state index contributed by atoms with van der Waals surface area (Å²) in [5.74, 6) is 0.0137. The Morgan fingerprint density at radius 2 is 1.88 bits per heavy atom. The summed E-state index contributed by atoms with van der Waals surface area (Å²) in [5, 5.41) is 3.38. The van der Waals surface area contributed by atoms with Crippen molar-refractivity contribution in [3.8, 4) is 0 Å². The smallest absolute Gasteiger partial charge is 0.282 e. The van der Waals surface area contributed by atoms with Gasteiger partial charge in [0.05, 0.1) is 11.8 Å². The van der Waals surface area contributed by atoms with Crippen LogP contribution in [0.15, 0.2) is 46.6 Å². The number of hydrogen-bond donors (Lipinski definition) is 1. The number of rotatable bonds is 7. The minimum atomic E-state index is -0.331. The molecule has 1 N–H and O–H groups in total. The van der Waals surface area contributed by atoms with E-state index in [1.807, 2.05) is 38.1 Å². The number of carbonyl (C=O) groups excluding carboxylic acids is 1. The summed E-state index contributed by atoms with van der Waals surface area (Å²) in [6.45, 7) is 4.38. The molecule has 1 aliphatic carbocycles. The molecule has 1 atom stereocenters. The molecule has 3 aromatic rings. The van der Waals surface area contributed by atoms with Gasteiger partial charge < -0.3 is 5.32 Å². The number of carbonyl (C=O) groups is 1. The first-order valence-corrected chi connectivity index (χ1v) is 12.2. The average molecular weight is 452 g/mol. The van der Waals surface area contributed by atoms with Crippen LogP contribution < -0.4 is 10.9 Å². The third kappa shape index (κ3) is 5.18. The van der Waals surface area contributed by atoms with Crippen LogP contribution >= 0.6 is 11.8 Å². The van der Waals surface area contributed by atoms with Crippen molar-refractivity contribution in [3.05, 3.63) is 58.1 Å². The molecule has 1 amide bonds. The molecule has 1 fully saturated rings. The molecule has 32 heavy (non-hydrogen) atoms. The van der Waals surface area contributed by atoms with Gasteiger partial charge in [-0.1, -0.05) is 67.8 Å². The molecule has 2 heterocycles. The van der Waals surface area contributed by atoms with Crippen LogP contribution in [0.25, 0.3) is 11.2 Å². The largest absolute Gasteiger partial charge is 0.352 e. The standard InChI is InChI=1S/C24H29N5O2S/c1-3-19(22(30)27-18-7-5-4-6-8-18)32-24-28-21-20(25-13-14-26-21)23(31)29(24)15-17-11-9-16(2)10-12-17/h9-14,18-19H,3-8,15H2,1-2H3,(H,27,30)/t19-/m1/s1. The van der Waals surface area contributed by atoms with Gasteiger partial charge >= 0.3 is 0 Å². The topological polar surface area (TPSA) is 89.8 Å². The number of benzene rings is 1. The van der Waals surface area contributed by atoms with E-state index >= 15 is 0 Å². The Morgan fingerprint density at radius 1 is 1.16 bits per heavy atom. The molecule has 2 aromatic heterocycles. The zero-order chi connectivity index (χ0) is 22.5. The van der Waals surface area contributed by atoms with E-state index in [0.717, 1.165) is 36.8 Å². The van der Waals surface area contributed by atoms with Gasteiger partial charge in [0.25, 0.3) is 5.56 Å². The van der Waals surface area contributed by atoms with Crippen molar-refractivity contribution >= 4 is 28.8 Å². The quantitative estimate of drug-likeness (QED) is 0.433. The van der Waals surface area contributed by atoms with Crippen molar-refractivity contribution in [2.45, 2.75) is 75.4 Å². The van der Waals surface area contributed by atoms with Gasteiger partial charge in [0.2, 0.25) is 5.91 Å². The van der Waals surface area contributed by atoms with Crippen LogP contribution in [-0.4, -0.2) is 36.7 Å². The highest BCUT2D eigenvalue weighted by Gasteiger charge is 2.25. The highest BCUT2D eigenvalue weighted by molar-refractivity contribution is 8.00. The summed E-state index contributed by atoms with van der Waals surface area (Å²) in [7, 11) is 0. The van der Waals surface area contributed by atoms with E-state index < -0.39 is 0 Å². The third-order valence-electron chi connectivity index (χ3n) is 5.88. The van der Waals surface area contributed by atoms with Crippen LogP contribution in [0.2, 0.25) is 0 Å². The number of aromatic nitrogens is 4. The summed E-state index contributed by atoms with van der Waals surface area (Å²) in [6, 6.07) is 8.30. The second-order valence-electron chi connectivity index (χ2n) is 8.36. The van der Waals surface area contributed by atoms with Gasteiger partial charge in [0.15, 0.2) is 16.3 Å². The minimum absolute atomic E-state index is 0.0137. The first kappa shape index (κ1) is 22.5. The summed E-state index contributed by atoms with van der Waals surface area (Å²) in [6.07, 6.45) is 9.31. The summed E-state index contributed by atoms with van der Waals surface area (Å²) in [4.78, 5) is 39.4. The molecule has 0 radical (unpaired) electrons. The number of nitrogens with zero attached hydrogens (tertiary/aromatic N) is 4. The van der Waals surface area contributed by atoms with E-state index in [0.29, 0.717) is 23.8 Å². The van der Waals surface area contributed by atoms with Crippen LogP contribution in [0.5, 0.6) is 0 Å². The van der Waals surface area contributed by atoms with Crippen LogP contribution in [0.3, 0.4) is 0 Å². The first-order chi connectivity index (χ1) is 15.5. The number of thioether (sulfide) groups is 1. The highest BCUT2D eigenvalue weighted by atomic mass is 32.2. The van der Waals surface area contributed by atoms with Gasteiger partial charge in [-0.3, -0.25) is 14.2 Å². The lowest BCUT2D eigenvalue weighted by Gasteiger charge is -2.25. The van der Waals surface area contributed by atoms with E-state index in [2.05, 4.69) is 20.3 Å². The van der Waals surface area contributed by atoms with Crippen molar-refractivity contribution in [2.75, 3.05) is 0 Å². The SMILES string of the molecule is CC[C@@H](Sc1nc2nccnc2c(=O)n1Cc1ccc(C)cc1)C(=O)NC1CCCCC1. The Bertz CT molecular complexity index is 1140. The molecule has 0 unspecified atom stereocenters. The maximum atomic E-state index is 13.3. The van der Waals surface area contributed by atoms with Gasteiger partial charge in [-0.25, -0.2) is 15.0 Å². The van der Waals surface area contributed by atoms with Crippen molar-refractivity contribution < 1.29 is 4.79 Å². The van der Waals surface area contributed by atoms with Gasteiger partial charge in [-0.15, -0.1) is 0 Å². The summed E-state index contributed by atoms with van der Waals surface area (Å²) in [5.41, 5.74) is 2.45. The second-order valence-corrected chi connectivity index (χ2v) is 9.53. The second kappa shape index (κ2) is 10.3. The Kier molecular flexibility index (Phi) is 7.19. The molecule has 4 rings (SSSR count). The van der Waals surface area contributed by atoms with E-state index in [1.54, 1.807) is 4.57 Å². The first-order valence-electron chi connectivity index (χ1n) is 11.3. The molecule has 0 bridgehead atoms. The summed E-state index contributed by atoms with van der Waals surface area (Å²) >= 11 is 1.34. The zero-order valence-corrected chi connectivity index (χ0v) is 19.4. The van der Waals surface area contributed by atoms with Crippen LogP contribution in [0.1, 0.15) is 56.6 Å². The normalized spacial score (nSPS) is 15.6. The Morgan fingerprint density at radius 3 is 2.59 bits per heavy atom. The lowest BCUT2D eigenvalue weighted by Crippen LogP contribution is -2.41. The molecule has 0 saturated heterocycles. The van der Waals surface area contributed by atoms with Crippen LogP contribution in [0.4, 0.5) is 0 Å². The van der Waals surface area contributed by atoms with Gasteiger partial charge in [-0.05, 0) is 31.7 Å². The molecule has 0 spiro atoms. The Labute approximate surface area is 192 Å². The molecule has 1 aromatic carbocycles. The van der Waals surface area contributed by atoms with Gasteiger partial charge in [0.1, 0.15) is 0 Å². The van der Waals surface area contributed by atoms with E-state index in [-0.39, 0.29) is 28.3 Å². The lowest BCUT2D eigenvalue weighted by molar-refractivity contribution is -0.121. The molecule has 1 saturated carbocycles. The maximum absolute atomic E-state index is 13.3. The van der Waals surface area contributed by atoms with Crippen molar-refractivity contribution in [1.29, 1.82) is 0 Å². The van der Waals surface area contributed by atoms with E-state index in [4.69, 9.17) is 0 Å². The highest BCUT2D eigenvalue weighted by Crippen LogP contribution is 2.26. The lowest BCUT2D eigenvalue weighted by atomic mass is 9.95. The number of aryl methyl sites for hydroxylation is 1. The molecular formula is C24H29N5O2S. The van der Waals surface area contributed by atoms with Gasteiger partial charge in [-0.2, -0.15) is 0 Å². The fourth-order valence-electron chi connectivity index (χ4n) is 4.03. The maximum Gasteiger partial charge on any atom is 0.282 e. The molecule has 168 valence electrons. The van der Waals surface area contributed by atoms with Gasteiger partial charge in [0, 0.05) is 18.4 Å². The zero-order valence-electron chi connectivity index (χ0n) is 18.6. The number of amides is 1. The molecule has 0 aliphatic heterocycles. The molecule has 1 aliphatic rings. The Balaban J connectivity index is 1.65. The summed E-state index contributed by atoms with van der Waals surface area (Å²) < 4.78 is 1.61. The van der Waals surface area contributed by atoms with Crippen LogP contribution in [-0.2, 0) is 11.3 Å². The molecule has 8 heteroatoms. The predicted molar refractivity (Wildman–Crippen MR) is 127 cm³/mol. The van der Waals surface area contributed by atoms with E-state index in [1.165, 1.54) is 30.6 Å². The number of hydrogen-bond acceptors (Lipinski definition) is 6. The van der Waals surface area contributed by atoms with Crippen molar-refractivity contribution in [2.24, 2.45) is 0 Å². The van der Waals surface area contributed by atoms with Crippen molar-refractivity contribution in [1.82, 2.24) is 24.8 Å². The molecule has 7 nitrogen and oxygen atoms in total. The average Bonchev–Trinajstić information content (AvgIpc) is 2.81. The molecular weight excluding hydrogens is 422 g/mol. The fourth-order valence-corrected chi connectivity index (χ4v) is 5.04. The third-order valence-corrected chi connectivity index (χ3v) is 7.24. The fraction of sp³-hybridized carbons (Fsp3) is 0.458. The van der Waals surface area contributed by atoms with Crippen molar-refractivity contribution in [3.63, 3.8) is 0 Å². The Hall–Kier alpha value is -2.74. The number of fused-ring (bicyclic) bond motifs is 1. The predicted octanol–water partition coefficient (Wildman–Crippen LogP) is 3.86. The van der Waals surface area contributed by atoms with E-state index in [9.17, 15) is 9.59 Å². The number of nitrogens with one attached hydrogen (secondary N) is 1. The monoisotopic (exact) mass is 451 g/mol. The minimum Gasteiger partial charge on any atom is -0.352 e.